The lowest BCUT2D eigenvalue weighted by atomic mass is 10.1. The number of aryl methyl sites for hydroxylation is 1. The predicted octanol–water partition coefficient (Wildman–Crippen LogP) is 2.42. The zero-order valence-corrected chi connectivity index (χ0v) is 14.0. The van der Waals surface area contributed by atoms with E-state index in [0.29, 0.717) is 29.6 Å². The summed E-state index contributed by atoms with van der Waals surface area (Å²) in [6.45, 7) is 1.90. The molecule has 0 saturated heterocycles. The van der Waals surface area contributed by atoms with Crippen molar-refractivity contribution in [2.45, 2.75) is 38.5 Å². The second-order valence-corrected chi connectivity index (χ2v) is 6.97. The van der Waals surface area contributed by atoms with Crippen LogP contribution in [-0.4, -0.2) is 37.2 Å². The average Bonchev–Trinajstić information content (AvgIpc) is 3.38. The highest BCUT2D eigenvalue weighted by Crippen LogP contribution is 2.40. The van der Waals surface area contributed by atoms with Gasteiger partial charge in [-0.05, 0) is 37.3 Å². The molecule has 6 nitrogen and oxygen atoms in total. The van der Waals surface area contributed by atoms with Crippen LogP contribution in [0, 0.1) is 5.92 Å². The van der Waals surface area contributed by atoms with Crippen molar-refractivity contribution >= 4 is 17.5 Å². The van der Waals surface area contributed by atoms with Gasteiger partial charge in [-0.2, -0.15) is 5.10 Å². The molecular weight excluding hydrogens is 328 g/mol. The van der Waals surface area contributed by atoms with E-state index in [9.17, 15) is 9.90 Å². The van der Waals surface area contributed by atoms with E-state index >= 15 is 0 Å². The number of fused-ring (bicyclic) bond motifs is 1. The normalized spacial score (nSPS) is 18.8. The Morgan fingerprint density at radius 2 is 2.12 bits per heavy atom. The maximum absolute atomic E-state index is 12.7. The number of halogens is 1. The van der Waals surface area contributed by atoms with E-state index < -0.39 is 6.10 Å². The number of rotatable bonds is 3. The molecular formula is C17H19ClN4O2. The highest BCUT2D eigenvalue weighted by atomic mass is 35.5. The molecule has 1 fully saturated rings. The minimum absolute atomic E-state index is 0.0797. The van der Waals surface area contributed by atoms with Gasteiger partial charge in [0.15, 0.2) is 0 Å². The molecule has 0 spiro atoms. The number of amides is 1. The maximum Gasteiger partial charge on any atom is 0.255 e. The third kappa shape index (κ3) is 3.03. The predicted molar refractivity (Wildman–Crippen MR) is 88.5 cm³/mol. The van der Waals surface area contributed by atoms with Crippen molar-refractivity contribution in [3.63, 3.8) is 0 Å². The van der Waals surface area contributed by atoms with Crippen LogP contribution in [0.2, 0.25) is 5.02 Å². The standard InChI is InChI=1S/C17H19ClN4O2/c18-13-6-12(8-19-9-13)17(24)21-4-1-5-22-14(10-21)7-15(20-22)16(23)11-2-3-11/h6-9,11,16,23H,1-5,10H2/t16-/m0/s1. The molecule has 1 amide bonds. The molecule has 2 aliphatic rings. The van der Waals surface area contributed by atoms with Gasteiger partial charge in [-0.1, -0.05) is 11.6 Å². The lowest BCUT2D eigenvalue weighted by molar-refractivity contribution is 0.0745. The lowest BCUT2D eigenvalue weighted by Crippen LogP contribution is -2.30. The first-order valence-corrected chi connectivity index (χ1v) is 8.64. The van der Waals surface area contributed by atoms with Crippen LogP contribution in [0.4, 0.5) is 0 Å². The third-order valence-electron chi connectivity index (χ3n) is 4.64. The summed E-state index contributed by atoms with van der Waals surface area (Å²) in [7, 11) is 0. The van der Waals surface area contributed by atoms with Crippen LogP contribution in [0.25, 0.3) is 0 Å². The quantitative estimate of drug-likeness (QED) is 0.926. The van der Waals surface area contributed by atoms with E-state index in [0.717, 1.165) is 37.2 Å². The number of aromatic nitrogens is 3. The van der Waals surface area contributed by atoms with Gasteiger partial charge in [-0.15, -0.1) is 0 Å². The molecule has 1 atom stereocenters. The molecule has 0 bridgehead atoms. The summed E-state index contributed by atoms with van der Waals surface area (Å²) in [4.78, 5) is 18.5. The van der Waals surface area contributed by atoms with Crippen molar-refractivity contribution in [3.05, 3.63) is 46.5 Å². The zero-order valence-electron chi connectivity index (χ0n) is 13.2. The summed E-state index contributed by atoms with van der Waals surface area (Å²) in [5, 5.41) is 15.3. The van der Waals surface area contributed by atoms with Crippen LogP contribution in [-0.2, 0) is 13.1 Å². The molecule has 7 heteroatoms. The van der Waals surface area contributed by atoms with E-state index in [-0.39, 0.29) is 5.91 Å². The van der Waals surface area contributed by atoms with Crippen LogP contribution in [0.3, 0.4) is 0 Å². The Kier molecular flexibility index (Phi) is 4.02. The molecule has 1 aliphatic carbocycles. The second kappa shape index (κ2) is 6.18. The Morgan fingerprint density at radius 1 is 1.29 bits per heavy atom. The third-order valence-corrected chi connectivity index (χ3v) is 4.85. The number of carbonyl (C=O) groups is 1. The number of pyridine rings is 1. The van der Waals surface area contributed by atoms with E-state index in [4.69, 9.17) is 11.6 Å². The van der Waals surface area contributed by atoms with Gasteiger partial charge in [-0.3, -0.25) is 14.5 Å². The summed E-state index contributed by atoms with van der Waals surface area (Å²) < 4.78 is 1.92. The summed E-state index contributed by atoms with van der Waals surface area (Å²) in [5.41, 5.74) is 2.19. The fourth-order valence-corrected chi connectivity index (χ4v) is 3.34. The molecule has 24 heavy (non-hydrogen) atoms. The first-order valence-electron chi connectivity index (χ1n) is 8.26. The largest absolute Gasteiger partial charge is 0.386 e. The Morgan fingerprint density at radius 3 is 2.88 bits per heavy atom. The van der Waals surface area contributed by atoms with Gasteiger partial charge in [0.2, 0.25) is 0 Å². The molecule has 1 aliphatic heterocycles. The summed E-state index contributed by atoms with van der Waals surface area (Å²) in [5.74, 6) is 0.267. The van der Waals surface area contributed by atoms with Crippen molar-refractivity contribution < 1.29 is 9.90 Å². The maximum atomic E-state index is 12.7. The smallest absolute Gasteiger partial charge is 0.255 e. The minimum atomic E-state index is -0.481. The molecule has 0 aromatic carbocycles. The molecule has 0 radical (unpaired) electrons. The van der Waals surface area contributed by atoms with Crippen LogP contribution in [0.15, 0.2) is 24.5 Å². The van der Waals surface area contributed by atoms with E-state index in [1.165, 1.54) is 6.20 Å². The lowest BCUT2D eigenvalue weighted by Gasteiger charge is -2.20. The number of aliphatic hydroxyl groups is 1. The van der Waals surface area contributed by atoms with Crippen LogP contribution in [0.5, 0.6) is 0 Å². The molecule has 2 aromatic heterocycles. The van der Waals surface area contributed by atoms with Crippen molar-refractivity contribution in [1.29, 1.82) is 0 Å². The fraction of sp³-hybridized carbons (Fsp3) is 0.471. The highest BCUT2D eigenvalue weighted by Gasteiger charge is 2.33. The van der Waals surface area contributed by atoms with Gasteiger partial charge in [0, 0.05) is 25.5 Å². The zero-order chi connectivity index (χ0) is 16.7. The molecule has 1 saturated carbocycles. The molecule has 4 rings (SSSR count). The summed E-state index contributed by atoms with van der Waals surface area (Å²) in [6.07, 6.45) is 5.53. The fourth-order valence-electron chi connectivity index (χ4n) is 3.17. The molecule has 0 unspecified atom stereocenters. The van der Waals surface area contributed by atoms with E-state index in [2.05, 4.69) is 10.1 Å². The Hall–Kier alpha value is -1.92. The van der Waals surface area contributed by atoms with Crippen LogP contribution < -0.4 is 0 Å². The number of hydrogen-bond acceptors (Lipinski definition) is 4. The number of aliphatic hydroxyl groups excluding tert-OH is 1. The summed E-state index contributed by atoms with van der Waals surface area (Å²) >= 11 is 5.94. The number of nitrogens with zero attached hydrogens (tertiary/aromatic N) is 4. The van der Waals surface area contributed by atoms with E-state index in [1.54, 1.807) is 17.2 Å². The van der Waals surface area contributed by atoms with Gasteiger partial charge in [0.1, 0.15) is 6.10 Å². The molecule has 3 heterocycles. The first-order chi connectivity index (χ1) is 11.6. The van der Waals surface area contributed by atoms with Gasteiger partial charge < -0.3 is 10.0 Å². The van der Waals surface area contributed by atoms with Crippen LogP contribution in [0.1, 0.15) is 47.1 Å². The molecule has 1 N–H and O–H groups in total. The van der Waals surface area contributed by atoms with Gasteiger partial charge in [0.25, 0.3) is 5.91 Å². The second-order valence-electron chi connectivity index (χ2n) is 6.54. The Bertz CT molecular complexity index is 772. The Labute approximate surface area is 145 Å². The Balaban J connectivity index is 1.56. The average molecular weight is 347 g/mol. The van der Waals surface area contributed by atoms with Gasteiger partial charge in [-0.25, -0.2) is 0 Å². The monoisotopic (exact) mass is 346 g/mol. The summed E-state index contributed by atoms with van der Waals surface area (Å²) in [6, 6.07) is 3.58. The van der Waals surface area contributed by atoms with Crippen molar-refractivity contribution in [2.75, 3.05) is 6.54 Å². The first kappa shape index (κ1) is 15.6. The van der Waals surface area contributed by atoms with E-state index in [1.807, 2.05) is 10.7 Å². The molecule has 2 aromatic rings. The van der Waals surface area contributed by atoms with Crippen LogP contribution >= 0.6 is 11.6 Å². The minimum Gasteiger partial charge on any atom is -0.386 e. The number of hydrogen-bond donors (Lipinski definition) is 1. The molecule has 126 valence electrons. The van der Waals surface area contributed by atoms with Crippen molar-refractivity contribution in [1.82, 2.24) is 19.7 Å². The van der Waals surface area contributed by atoms with Gasteiger partial charge >= 0.3 is 0 Å². The SMILES string of the molecule is O=C(c1cncc(Cl)c1)N1CCCn2nc([C@@H](O)C3CC3)cc2C1. The highest BCUT2D eigenvalue weighted by molar-refractivity contribution is 6.30. The van der Waals surface area contributed by atoms with Crippen molar-refractivity contribution in [2.24, 2.45) is 5.92 Å². The van der Waals surface area contributed by atoms with Crippen molar-refractivity contribution in [3.8, 4) is 0 Å². The topological polar surface area (TPSA) is 71.2 Å². The number of carbonyl (C=O) groups excluding carboxylic acids is 1. The van der Waals surface area contributed by atoms with Gasteiger partial charge in [0.05, 0.1) is 28.5 Å².